The van der Waals surface area contributed by atoms with Crippen molar-refractivity contribution in [2.75, 3.05) is 26.0 Å². The lowest BCUT2D eigenvalue weighted by Gasteiger charge is -2.20. The third-order valence-electron chi connectivity index (χ3n) is 1.34. The summed E-state index contributed by atoms with van der Waals surface area (Å²) in [5.74, 6) is -0.776. The van der Waals surface area contributed by atoms with Gasteiger partial charge in [0.1, 0.15) is 6.04 Å². The van der Waals surface area contributed by atoms with Crippen molar-refractivity contribution in [2.24, 2.45) is 0 Å². The topological polar surface area (TPSA) is 61.4 Å². The van der Waals surface area contributed by atoms with Crippen LogP contribution in [-0.4, -0.2) is 43.1 Å². The van der Waals surface area contributed by atoms with Gasteiger partial charge in [-0.05, 0) is 0 Å². The van der Waals surface area contributed by atoms with E-state index in [1.54, 1.807) is 0 Å². The summed E-state index contributed by atoms with van der Waals surface area (Å²) in [6.45, 7) is 2.15. The third-order valence-corrected chi connectivity index (χ3v) is 1.34. The number of carboxylic acids is 1. The molecule has 0 spiro atoms. The van der Waals surface area contributed by atoms with Crippen molar-refractivity contribution in [1.82, 2.24) is 10.6 Å². The lowest BCUT2D eigenvalue weighted by Crippen LogP contribution is -2.52. The van der Waals surface area contributed by atoms with Crippen molar-refractivity contribution in [3.8, 4) is 0 Å². The maximum absolute atomic E-state index is 10.3. The van der Waals surface area contributed by atoms with Crippen LogP contribution in [0.1, 0.15) is 0 Å². The van der Waals surface area contributed by atoms with Crippen LogP contribution in [0.25, 0.3) is 0 Å². The number of halogens is 1. The van der Waals surface area contributed by atoms with Crippen LogP contribution in [0, 0.1) is 0 Å². The van der Waals surface area contributed by atoms with E-state index in [4.69, 9.17) is 5.11 Å². The molecule has 0 aliphatic carbocycles. The van der Waals surface area contributed by atoms with Crippen molar-refractivity contribution in [1.29, 1.82) is 0 Å². The second kappa shape index (κ2) is 6.39. The molecule has 1 unspecified atom stereocenters. The predicted octanol–water partition coefficient (Wildman–Crippen LogP) is -0.513. The minimum Gasteiger partial charge on any atom is -0.480 e. The summed E-state index contributed by atoms with van der Waals surface area (Å²) in [6.07, 6.45) is 1.47. The van der Waals surface area contributed by atoms with Crippen LogP contribution in [0.15, 0.2) is 0 Å². The van der Waals surface area contributed by atoms with E-state index >= 15 is 0 Å². The average molecular weight is 181 g/mol. The smallest absolute Gasteiger partial charge is 0.322 e. The van der Waals surface area contributed by atoms with Crippen molar-refractivity contribution in [3.63, 3.8) is 0 Å². The number of hydrogen-bond donors (Lipinski definition) is 3. The van der Waals surface area contributed by atoms with Gasteiger partial charge in [0, 0.05) is 26.0 Å². The Morgan fingerprint density at radius 3 is 2.45 bits per heavy atom. The van der Waals surface area contributed by atoms with Crippen molar-refractivity contribution < 1.29 is 9.90 Å². The Balaban J connectivity index is 0.000000461. The first-order chi connectivity index (χ1) is 5.30. The van der Waals surface area contributed by atoms with Gasteiger partial charge in [-0.25, -0.2) is 0 Å². The number of nitrogens with one attached hydrogen (secondary N) is 2. The molecule has 1 fully saturated rings. The van der Waals surface area contributed by atoms with Gasteiger partial charge in [0.05, 0.1) is 0 Å². The highest BCUT2D eigenvalue weighted by molar-refractivity contribution is 6.15. The number of hydrogen-bond acceptors (Lipinski definition) is 3. The molecule has 3 N–H and O–H groups in total. The molecule has 0 amide bonds. The van der Waals surface area contributed by atoms with Gasteiger partial charge in [0.25, 0.3) is 0 Å². The largest absolute Gasteiger partial charge is 0.480 e. The minimum absolute atomic E-state index is 0.390. The maximum atomic E-state index is 10.3. The Morgan fingerprint density at radius 2 is 2.18 bits per heavy atom. The number of carboxylic acid groups (broad SMARTS) is 1. The molecular formula is C6H13ClN2O2. The Bertz CT molecular complexity index is 115. The zero-order chi connectivity index (χ0) is 8.69. The summed E-state index contributed by atoms with van der Waals surface area (Å²) >= 11 is 4.64. The van der Waals surface area contributed by atoms with Crippen LogP contribution in [-0.2, 0) is 4.79 Å². The molecule has 0 radical (unpaired) electrons. The molecule has 4 nitrogen and oxygen atoms in total. The van der Waals surface area contributed by atoms with E-state index in [2.05, 4.69) is 22.2 Å². The van der Waals surface area contributed by atoms with Crippen LogP contribution in [0.2, 0.25) is 0 Å². The summed E-state index contributed by atoms with van der Waals surface area (Å²) in [4.78, 5) is 10.3. The van der Waals surface area contributed by atoms with Gasteiger partial charge in [-0.15, -0.1) is 11.6 Å². The molecule has 1 rings (SSSR count). The Labute approximate surface area is 70.9 Å². The van der Waals surface area contributed by atoms with E-state index < -0.39 is 12.0 Å². The fourth-order valence-electron chi connectivity index (χ4n) is 0.828. The fraction of sp³-hybridized carbons (Fsp3) is 0.833. The molecule has 1 saturated heterocycles. The van der Waals surface area contributed by atoms with Gasteiger partial charge in [0.2, 0.25) is 0 Å². The molecule has 1 heterocycles. The number of aliphatic carboxylic acids is 1. The van der Waals surface area contributed by atoms with Crippen molar-refractivity contribution in [3.05, 3.63) is 0 Å². The normalized spacial score (nSPS) is 23.3. The molecule has 0 aromatic heterocycles. The molecular weight excluding hydrogens is 168 g/mol. The van der Waals surface area contributed by atoms with Crippen LogP contribution < -0.4 is 10.6 Å². The van der Waals surface area contributed by atoms with Crippen molar-refractivity contribution >= 4 is 17.6 Å². The number of rotatable bonds is 1. The molecule has 1 aliphatic rings. The van der Waals surface area contributed by atoms with E-state index in [-0.39, 0.29) is 0 Å². The minimum atomic E-state index is -0.776. The molecule has 1 aliphatic heterocycles. The molecule has 0 saturated carbocycles. The lowest BCUT2D eigenvalue weighted by atomic mass is 10.2. The van der Waals surface area contributed by atoms with Gasteiger partial charge in [-0.3, -0.25) is 4.79 Å². The van der Waals surface area contributed by atoms with Gasteiger partial charge in [-0.2, -0.15) is 0 Å². The van der Waals surface area contributed by atoms with Gasteiger partial charge < -0.3 is 15.7 Å². The summed E-state index contributed by atoms with van der Waals surface area (Å²) in [5.41, 5.74) is 0. The molecule has 11 heavy (non-hydrogen) atoms. The average Bonchev–Trinajstić information content (AvgIpc) is 2.10. The summed E-state index contributed by atoms with van der Waals surface area (Å²) in [5, 5.41) is 14.3. The number of carbonyl (C=O) groups is 1. The second-order valence-corrected chi connectivity index (χ2v) is 2.05. The molecule has 0 bridgehead atoms. The standard InChI is InChI=1S/C5H10N2O2.CH3Cl/c8-5(9)4-3-6-1-2-7-4;1-2/h4,6-7H,1-3H2,(H,8,9);1H3. The fourth-order valence-corrected chi connectivity index (χ4v) is 0.828. The van der Waals surface area contributed by atoms with E-state index in [0.29, 0.717) is 6.54 Å². The Hall–Kier alpha value is -0.320. The highest BCUT2D eigenvalue weighted by Gasteiger charge is 2.18. The zero-order valence-corrected chi connectivity index (χ0v) is 7.19. The van der Waals surface area contributed by atoms with E-state index in [1.165, 1.54) is 6.38 Å². The van der Waals surface area contributed by atoms with Crippen molar-refractivity contribution in [2.45, 2.75) is 6.04 Å². The van der Waals surface area contributed by atoms with E-state index in [9.17, 15) is 4.79 Å². The highest BCUT2D eigenvalue weighted by Crippen LogP contribution is 1.84. The first-order valence-electron chi connectivity index (χ1n) is 3.35. The van der Waals surface area contributed by atoms with Gasteiger partial charge >= 0.3 is 5.97 Å². The summed E-state index contributed by atoms with van der Waals surface area (Å²) in [6, 6.07) is -0.390. The molecule has 0 aromatic rings. The predicted molar refractivity (Wildman–Crippen MR) is 44.1 cm³/mol. The molecule has 1 atom stereocenters. The Morgan fingerprint density at radius 1 is 1.55 bits per heavy atom. The summed E-state index contributed by atoms with van der Waals surface area (Å²) < 4.78 is 0. The lowest BCUT2D eigenvalue weighted by molar-refractivity contribution is -0.139. The monoisotopic (exact) mass is 180 g/mol. The first-order valence-corrected chi connectivity index (χ1v) is 4.11. The van der Waals surface area contributed by atoms with E-state index in [1.807, 2.05) is 0 Å². The SMILES string of the molecule is CCl.O=C(O)C1CNCCN1. The quantitative estimate of drug-likeness (QED) is 0.476. The van der Waals surface area contributed by atoms with Crippen LogP contribution in [0.3, 0.4) is 0 Å². The van der Waals surface area contributed by atoms with Gasteiger partial charge in [0.15, 0.2) is 0 Å². The second-order valence-electron chi connectivity index (χ2n) is 2.05. The maximum Gasteiger partial charge on any atom is 0.322 e. The highest BCUT2D eigenvalue weighted by atomic mass is 35.5. The number of piperazine rings is 1. The van der Waals surface area contributed by atoms with Crippen LogP contribution in [0.5, 0.6) is 0 Å². The zero-order valence-electron chi connectivity index (χ0n) is 6.43. The number of alkyl halides is 1. The van der Waals surface area contributed by atoms with Crippen LogP contribution in [0.4, 0.5) is 0 Å². The van der Waals surface area contributed by atoms with Gasteiger partial charge in [-0.1, -0.05) is 0 Å². The third kappa shape index (κ3) is 4.19. The first kappa shape index (κ1) is 10.7. The van der Waals surface area contributed by atoms with E-state index in [0.717, 1.165) is 13.1 Å². The molecule has 5 heteroatoms. The summed E-state index contributed by atoms with van der Waals surface area (Å²) in [7, 11) is 0. The Kier molecular flexibility index (Phi) is 6.21. The van der Waals surface area contributed by atoms with Crippen LogP contribution >= 0.6 is 11.6 Å². The molecule has 66 valence electrons. The molecule has 0 aromatic carbocycles.